The molecule has 10 heavy (non-hydrogen) atoms. The summed E-state index contributed by atoms with van der Waals surface area (Å²) in [4.78, 5) is 0. The van der Waals surface area contributed by atoms with Crippen molar-refractivity contribution in [1.82, 2.24) is 15.4 Å². The summed E-state index contributed by atoms with van der Waals surface area (Å²) in [7, 11) is 0. The fraction of sp³-hybridized carbons (Fsp3) is 0. The predicted octanol–water partition coefficient (Wildman–Crippen LogP) is -1.09. The van der Waals surface area contributed by atoms with Crippen LogP contribution in [0.1, 0.15) is 5.56 Å². The molecular weight excluding hydrogens is 132 g/mol. The van der Waals surface area contributed by atoms with Crippen molar-refractivity contribution in [3.63, 3.8) is 0 Å². The highest BCUT2D eigenvalue weighted by Crippen LogP contribution is 2.09. The SMILES string of the molecule is N#Cc1c(N)nnnc1N. The van der Waals surface area contributed by atoms with Crippen LogP contribution in [-0.2, 0) is 0 Å². The van der Waals surface area contributed by atoms with E-state index in [-0.39, 0.29) is 17.2 Å². The van der Waals surface area contributed by atoms with Crippen LogP contribution in [0.3, 0.4) is 0 Å². The number of hydrogen-bond donors (Lipinski definition) is 2. The molecule has 50 valence electrons. The van der Waals surface area contributed by atoms with Crippen molar-refractivity contribution in [3.8, 4) is 6.07 Å². The molecule has 0 unspecified atom stereocenters. The lowest BCUT2D eigenvalue weighted by Gasteiger charge is -1.93. The van der Waals surface area contributed by atoms with Gasteiger partial charge in [-0.3, -0.25) is 0 Å². The molecule has 1 aromatic rings. The minimum atomic E-state index is 0.00926. The van der Waals surface area contributed by atoms with Crippen molar-refractivity contribution in [2.24, 2.45) is 0 Å². The Labute approximate surface area is 56.5 Å². The summed E-state index contributed by atoms with van der Waals surface area (Å²) in [5, 5.41) is 18.2. The topological polar surface area (TPSA) is 114 Å². The summed E-state index contributed by atoms with van der Waals surface area (Å²) in [6.07, 6.45) is 0. The molecule has 1 rings (SSSR count). The third-order valence-corrected chi connectivity index (χ3v) is 0.929. The van der Waals surface area contributed by atoms with Crippen LogP contribution in [0.4, 0.5) is 11.6 Å². The second-order valence-electron chi connectivity index (χ2n) is 1.55. The molecule has 1 heterocycles. The highest BCUT2D eigenvalue weighted by atomic mass is 15.3. The zero-order valence-corrected chi connectivity index (χ0v) is 4.94. The molecule has 6 nitrogen and oxygen atoms in total. The monoisotopic (exact) mass is 136 g/mol. The van der Waals surface area contributed by atoms with E-state index in [9.17, 15) is 0 Å². The Bertz CT molecular complexity index is 266. The first kappa shape index (κ1) is 6.22. The van der Waals surface area contributed by atoms with Gasteiger partial charge in [0.25, 0.3) is 0 Å². The molecule has 0 aromatic carbocycles. The molecule has 0 aliphatic carbocycles. The van der Waals surface area contributed by atoms with E-state index in [4.69, 9.17) is 16.7 Å². The summed E-state index contributed by atoms with van der Waals surface area (Å²) in [6.45, 7) is 0. The minimum absolute atomic E-state index is 0.00926. The molecular formula is C4H4N6. The third kappa shape index (κ3) is 0.798. The van der Waals surface area contributed by atoms with Gasteiger partial charge in [-0.05, 0) is 5.21 Å². The van der Waals surface area contributed by atoms with Gasteiger partial charge < -0.3 is 11.5 Å². The van der Waals surface area contributed by atoms with Gasteiger partial charge in [0.05, 0.1) is 0 Å². The zero-order valence-electron chi connectivity index (χ0n) is 4.94. The largest absolute Gasteiger partial charge is 0.381 e. The first-order valence-corrected chi connectivity index (χ1v) is 2.40. The Kier molecular flexibility index (Phi) is 1.33. The van der Waals surface area contributed by atoms with Crippen molar-refractivity contribution in [2.45, 2.75) is 0 Å². The Hall–Kier alpha value is -1.90. The third-order valence-electron chi connectivity index (χ3n) is 0.929. The van der Waals surface area contributed by atoms with E-state index in [0.717, 1.165) is 0 Å². The van der Waals surface area contributed by atoms with Gasteiger partial charge in [-0.2, -0.15) is 5.26 Å². The van der Waals surface area contributed by atoms with Crippen LogP contribution >= 0.6 is 0 Å². The summed E-state index contributed by atoms with van der Waals surface area (Å²) in [5.74, 6) is 0.0185. The van der Waals surface area contributed by atoms with Gasteiger partial charge in [0.1, 0.15) is 11.6 Å². The van der Waals surface area contributed by atoms with E-state index in [1.807, 2.05) is 0 Å². The number of nitrogen functional groups attached to an aromatic ring is 2. The number of aromatic nitrogens is 3. The number of nitrogens with zero attached hydrogens (tertiary/aromatic N) is 4. The van der Waals surface area contributed by atoms with Crippen LogP contribution in [0.5, 0.6) is 0 Å². The smallest absolute Gasteiger partial charge is 0.169 e. The molecule has 4 N–H and O–H groups in total. The van der Waals surface area contributed by atoms with Crippen LogP contribution in [0, 0.1) is 11.3 Å². The maximum absolute atomic E-state index is 8.38. The van der Waals surface area contributed by atoms with Crippen LogP contribution in [0.15, 0.2) is 0 Å². The number of anilines is 2. The lowest BCUT2D eigenvalue weighted by Crippen LogP contribution is -2.04. The van der Waals surface area contributed by atoms with Crippen LogP contribution in [-0.4, -0.2) is 15.4 Å². The van der Waals surface area contributed by atoms with E-state index in [0.29, 0.717) is 0 Å². The Morgan fingerprint density at radius 2 is 1.70 bits per heavy atom. The first-order chi connectivity index (χ1) is 4.75. The average molecular weight is 136 g/mol. The quantitative estimate of drug-likeness (QED) is 0.468. The maximum Gasteiger partial charge on any atom is 0.169 e. The Morgan fingerprint density at radius 3 is 2.00 bits per heavy atom. The number of hydrogen-bond acceptors (Lipinski definition) is 6. The van der Waals surface area contributed by atoms with Gasteiger partial charge in [0, 0.05) is 0 Å². The van der Waals surface area contributed by atoms with Gasteiger partial charge in [0.15, 0.2) is 11.6 Å². The highest BCUT2D eigenvalue weighted by molar-refractivity contribution is 5.58. The number of rotatable bonds is 0. The van der Waals surface area contributed by atoms with Crippen LogP contribution in [0.25, 0.3) is 0 Å². The molecule has 0 saturated carbocycles. The lowest BCUT2D eigenvalue weighted by atomic mass is 10.3. The van der Waals surface area contributed by atoms with E-state index in [2.05, 4.69) is 15.4 Å². The second-order valence-corrected chi connectivity index (χ2v) is 1.55. The molecule has 6 heteroatoms. The maximum atomic E-state index is 8.38. The molecule has 0 aliphatic heterocycles. The lowest BCUT2D eigenvalue weighted by molar-refractivity contribution is 0.877. The predicted molar refractivity (Wildman–Crippen MR) is 33.4 cm³/mol. The first-order valence-electron chi connectivity index (χ1n) is 2.40. The van der Waals surface area contributed by atoms with Gasteiger partial charge in [-0.1, -0.05) is 0 Å². The normalized spacial score (nSPS) is 8.70. The van der Waals surface area contributed by atoms with Crippen LogP contribution < -0.4 is 11.5 Å². The molecule has 0 saturated heterocycles. The van der Waals surface area contributed by atoms with Crippen molar-refractivity contribution in [2.75, 3.05) is 11.5 Å². The molecule has 0 radical (unpaired) electrons. The van der Waals surface area contributed by atoms with Gasteiger partial charge >= 0.3 is 0 Å². The molecule has 0 aliphatic rings. The minimum Gasteiger partial charge on any atom is -0.381 e. The number of nitriles is 1. The van der Waals surface area contributed by atoms with Gasteiger partial charge in [-0.15, -0.1) is 10.2 Å². The number of nitrogens with two attached hydrogens (primary N) is 2. The summed E-state index contributed by atoms with van der Waals surface area (Å²) < 4.78 is 0. The Balaban J connectivity index is 3.34. The van der Waals surface area contributed by atoms with Crippen molar-refractivity contribution in [3.05, 3.63) is 5.56 Å². The molecule has 0 atom stereocenters. The van der Waals surface area contributed by atoms with Crippen LogP contribution in [0.2, 0.25) is 0 Å². The standard InChI is InChI=1S/C4H4N6/c5-1-2-3(6)8-10-9-4(2)7/h(H4,6,7,8,9). The molecule has 1 aromatic heterocycles. The van der Waals surface area contributed by atoms with Crippen molar-refractivity contribution < 1.29 is 0 Å². The van der Waals surface area contributed by atoms with Crippen molar-refractivity contribution >= 4 is 11.6 Å². The molecule has 0 fully saturated rings. The molecule has 0 amide bonds. The summed E-state index contributed by atoms with van der Waals surface area (Å²) >= 11 is 0. The fourth-order valence-corrected chi connectivity index (χ4v) is 0.464. The van der Waals surface area contributed by atoms with Crippen molar-refractivity contribution in [1.29, 1.82) is 5.26 Å². The van der Waals surface area contributed by atoms with Gasteiger partial charge in [0.2, 0.25) is 0 Å². The summed E-state index contributed by atoms with van der Waals surface area (Å²) in [6, 6.07) is 1.75. The summed E-state index contributed by atoms with van der Waals surface area (Å²) in [5.41, 5.74) is 10.5. The molecule has 0 spiro atoms. The highest BCUT2D eigenvalue weighted by Gasteiger charge is 2.04. The Morgan fingerprint density at radius 1 is 1.20 bits per heavy atom. The van der Waals surface area contributed by atoms with E-state index in [1.54, 1.807) is 6.07 Å². The van der Waals surface area contributed by atoms with E-state index < -0.39 is 0 Å². The fourth-order valence-electron chi connectivity index (χ4n) is 0.464. The second kappa shape index (κ2) is 2.14. The van der Waals surface area contributed by atoms with E-state index >= 15 is 0 Å². The van der Waals surface area contributed by atoms with Gasteiger partial charge in [-0.25, -0.2) is 0 Å². The average Bonchev–Trinajstić information content (AvgIpc) is 1.88. The zero-order chi connectivity index (χ0) is 7.56. The van der Waals surface area contributed by atoms with E-state index in [1.165, 1.54) is 0 Å². The molecule has 0 bridgehead atoms.